The second kappa shape index (κ2) is 2.85. The molecule has 0 saturated heterocycles. The molecule has 2 heterocycles. The number of fused-ring (bicyclic) bond motifs is 1. The standard InChI is InChI=1S/C9H5N3O2/c10-3-5-1-2-7-8(12-5)6(4-11-7)9(13)14/h1-2,4,11H,(H,13,14). The SMILES string of the molecule is N#Cc1ccc2[nH]cc(C(=O)O)c2n1. The van der Waals surface area contributed by atoms with Crippen molar-refractivity contribution in [3.8, 4) is 6.07 Å². The Balaban J connectivity index is 2.77. The van der Waals surface area contributed by atoms with Crippen LogP contribution in [0, 0.1) is 11.3 Å². The molecule has 5 heteroatoms. The van der Waals surface area contributed by atoms with Gasteiger partial charge in [-0.1, -0.05) is 0 Å². The summed E-state index contributed by atoms with van der Waals surface area (Å²) >= 11 is 0. The Kier molecular flexibility index (Phi) is 1.68. The summed E-state index contributed by atoms with van der Waals surface area (Å²) in [6.07, 6.45) is 1.36. The Morgan fingerprint density at radius 1 is 1.57 bits per heavy atom. The molecule has 0 bridgehead atoms. The van der Waals surface area contributed by atoms with E-state index in [2.05, 4.69) is 9.97 Å². The molecule has 0 aromatic carbocycles. The summed E-state index contributed by atoms with van der Waals surface area (Å²) in [6.45, 7) is 0. The van der Waals surface area contributed by atoms with Crippen molar-refractivity contribution in [3.63, 3.8) is 0 Å². The first-order chi connectivity index (χ1) is 6.72. The highest BCUT2D eigenvalue weighted by Gasteiger charge is 2.11. The molecule has 0 spiro atoms. The minimum absolute atomic E-state index is 0.0806. The zero-order valence-corrected chi connectivity index (χ0v) is 6.98. The fraction of sp³-hybridized carbons (Fsp3) is 0. The number of nitrogens with zero attached hydrogens (tertiary/aromatic N) is 2. The number of nitrogens with one attached hydrogen (secondary N) is 1. The average molecular weight is 187 g/mol. The molecule has 0 amide bonds. The number of hydrogen-bond acceptors (Lipinski definition) is 3. The van der Waals surface area contributed by atoms with E-state index in [9.17, 15) is 4.79 Å². The van der Waals surface area contributed by atoms with Gasteiger partial charge in [0.05, 0.1) is 5.52 Å². The normalized spacial score (nSPS) is 9.93. The molecule has 2 N–H and O–H groups in total. The van der Waals surface area contributed by atoms with Gasteiger partial charge in [0.2, 0.25) is 0 Å². The average Bonchev–Trinajstić information content (AvgIpc) is 2.59. The Bertz CT molecular complexity index is 551. The first-order valence-electron chi connectivity index (χ1n) is 3.84. The van der Waals surface area contributed by atoms with Crippen molar-refractivity contribution < 1.29 is 9.90 Å². The van der Waals surface area contributed by atoms with E-state index in [0.717, 1.165) is 0 Å². The summed E-state index contributed by atoms with van der Waals surface area (Å²) in [5, 5.41) is 17.4. The number of aromatic nitrogens is 2. The van der Waals surface area contributed by atoms with Crippen LogP contribution in [0.3, 0.4) is 0 Å². The van der Waals surface area contributed by atoms with Crippen molar-refractivity contribution in [2.24, 2.45) is 0 Å². The third kappa shape index (κ3) is 1.10. The van der Waals surface area contributed by atoms with E-state index >= 15 is 0 Å². The number of rotatable bonds is 1. The van der Waals surface area contributed by atoms with Crippen molar-refractivity contribution in [2.75, 3.05) is 0 Å². The molecule has 14 heavy (non-hydrogen) atoms. The molecule has 2 rings (SSSR count). The zero-order valence-electron chi connectivity index (χ0n) is 6.98. The lowest BCUT2D eigenvalue weighted by Gasteiger charge is -1.91. The molecule has 0 aliphatic rings. The smallest absolute Gasteiger partial charge is 0.339 e. The third-order valence-corrected chi connectivity index (χ3v) is 1.87. The number of H-pyrrole nitrogens is 1. The predicted molar refractivity (Wildman–Crippen MR) is 47.8 cm³/mol. The summed E-state index contributed by atoms with van der Waals surface area (Å²) in [6, 6.07) is 5.02. The quantitative estimate of drug-likeness (QED) is 0.700. The maximum absolute atomic E-state index is 10.7. The number of hydrogen-bond donors (Lipinski definition) is 2. The molecule has 0 fully saturated rings. The number of carboxylic acids is 1. The molecule has 0 aliphatic heterocycles. The van der Waals surface area contributed by atoms with Gasteiger partial charge in [0.1, 0.15) is 22.8 Å². The minimum Gasteiger partial charge on any atom is -0.478 e. The fourth-order valence-electron chi connectivity index (χ4n) is 1.22. The Labute approximate surface area is 78.6 Å². The lowest BCUT2D eigenvalue weighted by molar-refractivity contribution is 0.0699. The third-order valence-electron chi connectivity index (χ3n) is 1.87. The number of nitriles is 1. The van der Waals surface area contributed by atoms with Gasteiger partial charge in [-0.05, 0) is 12.1 Å². The van der Waals surface area contributed by atoms with E-state index in [1.54, 1.807) is 6.07 Å². The van der Waals surface area contributed by atoms with E-state index in [4.69, 9.17) is 10.4 Å². The van der Waals surface area contributed by atoms with Crippen LogP contribution in [0.4, 0.5) is 0 Å². The molecule has 0 unspecified atom stereocenters. The Hall–Kier alpha value is -2.35. The summed E-state index contributed by atoms with van der Waals surface area (Å²) < 4.78 is 0. The van der Waals surface area contributed by atoms with Crippen LogP contribution in [0.2, 0.25) is 0 Å². The molecular weight excluding hydrogens is 182 g/mol. The monoisotopic (exact) mass is 187 g/mol. The van der Waals surface area contributed by atoms with E-state index in [1.807, 2.05) is 6.07 Å². The molecule has 0 saturated carbocycles. The highest BCUT2D eigenvalue weighted by atomic mass is 16.4. The summed E-state index contributed by atoms with van der Waals surface area (Å²) in [5.41, 5.74) is 1.22. The van der Waals surface area contributed by atoms with Crippen molar-refractivity contribution in [3.05, 3.63) is 29.6 Å². The van der Waals surface area contributed by atoms with Gasteiger partial charge in [-0.3, -0.25) is 0 Å². The van der Waals surface area contributed by atoms with E-state index in [1.165, 1.54) is 12.3 Å². The lowest BCUT2D eigenvalue weighted by atomic mass is 10.2. The number of pyridine rings is 1. The first-order valence-corrected chi connectivity index (χ1v) is 3.84. The lowest BCUT2D eigenvalue weighted by Crippen LogP contribution is -1.95. The van der Waals surface area contributed by atoms with Crippen molar-refractivity contribution in [1.29, 1.82) is 5.26 Å². The van der Waals surface area contributed by atoms with E-state index < -0.39 is 5.97 Å². The van der Waals surface area contributed by atoms with Gasteiger partial charge in [-0.2, -0.15) is 5.26 Å². The largest absolute Gasteiger partial charge is 0.478 e. The molecule has 0 radical (unpaired) electrons. The topological polar surface area (TPSA) is 89.8 Å². The molecule has 5 nitrogen and oxygen atoms in total. The van der Waals surface area contributed by atoms with Crippen LogP contribution < -0.4 is 0 Å². The molecular formula is C9H5N3O2. The van der Waals surface area contributed by atoms with Gasteiger partial charge in [0.25, 0.3) is 0 Å². The van der Waals surface area contributed by atoms with Gasteiger partial charge in [0, 0.05) is 6.20 Å². The van der Waals surface area contributed by atoms with Gasteiger partial charge in [-0.25, -0.2) is 9.78 Å². The van der Waals surface area contributed by atoms with Crippen molar-refractivity contribution in [2.45, 2.75) is 0 Å². The van der Waals surface area contributed by atoms with Gasteiger partial charge < -0.3 is 10.1 Å². The second-order valence-corrected chi connectivity index (χ2v) is 2.71. The van der Waals surface area contributed by atoms with Crippen molar-refractivity contribution >= 4 is 17.0 Å². The Morgan fingerprint density at radius 2 is 2.36 bits per heavy atom. The maximum Gasteiger partial charge on any atom is 0.339 e. The number of aromatic amines is 1. The Morgan fingerprint density at radius 3 is 3.00 bits per heavy atom. The molecule has 0 aliphatic carbocycles. The minimum atomic E-state index is -1.06. The summed E-state index contributed by atoms with van der Waals surface area (Å²) in [4.78, 5) is 17.4. The van der Waals surface area contributed by atoms with Crippen LogP contribution in [0.25, 0.3) is 11.0 Å². The van der Waals surface area contributed by atoms with Gasteiger partial charge in [-0.15, -0.1) is 0 Å². The second-order valence-electron chi connectivity index (χ2n) is 2.71. The molecule has 68 valence electrons. The van der Waals surface area contributed by atoms with Crippen molar-refractivity contribution in [1.82, 2.24) is 9.97 Å². The van der Waals surface area contributed by atoms with Crippen LogP contribution in [-0.2, 0) is 0 Å². The number of carbonyl (C=O) groups is 1. The summed E-state index contributed by atoms with van der Waals surface area (Å²) in [7, 11) is 0. The molecule has 2 aromatic heterocycles. The van der Waals surface area contributed by atoms with Crippen LogP contribution >= 0.6 is 0 Å². The van der Waals surface area contributed by atoms with E-state index in [-0.39, 0.29) is 11.3 Å². The van der Waals surface area contributed by atoms with Crippen LogP contribution in [0.5, 0.6) is 0 Å². The fourth-order valence-corrected chi connectivity index (χ4v) is 1.22. The summed E-state index contributed by atoms with van der Waals surface area (Å²) in [5.74, 6) is -1.06. The van der Waals surface area contributed by atoms with Crippen LogP contribution in [-0.4, -0.2) is 21.0 Å². The van der Waals surface area contributed by atoms with E-state index in [0.29, 0.717) is 11.0 Å². The molecule has 2 aromatic rings. The maximum atomic E-state index is 10.7. The van der Waals surface area contributed by atoms with Crippen LogP contribution in [0.15, 0.2) is 18.3 Å². The zero-order chi connectivity index (χ0) is 10.1. The first kappa shape index (κ1) is 8.26. The highest BCUT2D eigenvalue weighted by Crippen LogP contribution is 2.15. The van der Waals surface area contributed by atoms with Gasteiger partial charge >= 0.3 is 5.97 Å². The number of carboxylic acid groups (broad SMARTS) is 1. The number of aromatic carboxylic acids is 1. The predicted octanol–water partition coefficient (Wildman–Crippen LogP) is 1.13. The van der Waals surface area contributed by atoms with Gasteiger partial charge in [0.15, 0.2) is 0 Å². The molecule has 0 atom stereocenters. The highest BCUT2D eigenvalue weighted by molar-refractivity contribution is 6.01. The van der Waals surface area contributed by atoms with Crippen LogP contribution in [0.1, 0.15) is 16.1 Å².